The van der Waals surface area contributed by atoms with Crippen molar-refractivity contribution in [3.05, 3.63) is 0 Å². The van der Waals surface area contributed by atoms with Crippen LogP contribution in [0.15, 0.2) is 4.99 Å². The summed E-state index contributed by atoms with van der Waals surface area (Å²) in [6.07, 6.45) is 8.13. The van der Waals surface area contributed by atoms with Gasteiger partial charge in [0.15, 0.2) is 5.96 Å². The van der Waals surface area contributed by atoms with Gasteiger partial charge in [-0.3, -0.25) is 4.79 Å². The molecule has 0 aromatic carbocycles. The number of amides is 1. The summed E-state index contributed by atoms with van der Waals surface area (Å²) in [4.78, 5) is 17.4. The number of rotatable bonds is 7. The van der Waals surface area contributed by atoms with Crippen LogP contribution in [-0.4, -0.2) is 50.5 Å². The number of aliphatic imine (C=N–C) groups is 1. The Labute approximate surface area is 146 Å². The molecule has 0 radical (unpaired) electrons. The van der Waals surface area contributed by atoms with Gasteiger partial charge in [0.05, 0.1) is 0 Å². The fourth-order valence-electron chi connectivity index (χ4n) is 2.53. The molecule has 21 heavy (non-hydrogen) atoms. The number of hydrogen-bond donors (Lipinski definition) is 2. The second-order valence-corrected chi connectivity index (χ2v) is 5.70. The summed E-state index contributed by atoms with van der Waals surface area (Å²) < 4.78 is 0. The van der Waals surface area contributed by atoms with Crippen LogP contribution >= 0.6 is 24.0 Å². The van der Waals surface area contributed by atoms with Crippen LogP contribution in [0.2, 0.25) is 0 Å². The molecular weight excluding hydrogens is 379 g/mol. The molecule has 1 aliphatic rings. The largest absolute Gasteiger partial charge is 0.357 e. The molecular formula is C15H31IN4O. The fraction of sp³-hybridized carbons (Fsp3) is 0.867. The molecule has 1 aliphatic carbocycles. The molecule has 1 saturated carbocycles. The summed E-state index contributed by atoms with van der Waals surface area (Å²) >= 11 is 0. The van der Waals surface area contributed by atoms with E-state index in [4.69, 9.17) is 0 Å². The average molecular weight is 410 g/mol. The fourth-order valence-corrected chi connectivity index (χ4v) is 2.53. The van der Waals surface area contributed by atoms with E-state index in [9.17, 15) is 4.79 Å². The highest BCUT2D eigenvalue weighted by atomic mass is 127. The van der Waals surface area contributed by atoms with Crippen molar-refractivity contribution in [2.45, 2.75) is 45.4 Å². The molecule has 5 nitrogen and oxygen atoms in total. The van der Waals surface area contributed by atoms with Gasteiger partial charge in [0.2, 0.25) is 5.91 Å². The SMILES string of the molecule is CCNC(=NCC(=O)N(C)C)NCCCC1CCCC1.I. The van der Waals surface area contributed by atoms with E-state index in [0.29, 0.717) is 0 Å². The molecule has 2 N–H and O–H groups in total. The molecule has 0 aliphatic heterocycles. The maximum Gasteiger partial charge on any atom is 0.243 e. The molecule has 0 unspecified atom stereocenters. The summed E-state index contributed by atoms with van der Waals surface area (Å²) in [6.45, 7) is 3.97. The molecule has 1 amide bonds. The molecule has 124 valence electrons. The quantitative estimate of drug-likeness (QED) is 0.293. The van der Waals surface area contributed by atoms with Gasteiger partial charge in [-0.15, -0.1) is 24.0 Å². The lowest BCUT2D eigenvalue weighted by atomic mass is 10.0. The third-order valence-electron chi connectivity index (χ3n) is 3.77. The Balaban J connectivity index is 0.00000400. The Bertz CT molecular complexity index is 315. The van der Waals surface area contributed by atoms with Gasteiger partial charge >= 0.3 is 0 Å². The third-order valence-corrected chi connectivity index (χ3v) is 3.77. The lowest BCUT2D eigenvalue weighted by Crippen LogP contribution is -2.39. The molecule has 0 spiro atoms. The van der Waals surface area contributed by atoms with E-state index in [1.807, 2.05) is 6.92 Å². The highest BCUT2D eigenvalue weighted by Gasteiger charge is 2.14. The first kappa shape index (κ1) is 20.5. The highest BCUT2D eigenvalue weighted by molar-refractivity contribution is 14.0. The van der Waals surface area contributed by atoms with E-state index in [2.05, 4.69) is 15.6 Å². The summed E-state index contributed by atoms with van der Waals surface area (Å²) in [6, 6.07) is 0. The van der Waals surface area contributed by atoms with E-state index in [1.54, 1.807) is 19.0 Å². The zero-order chi connectivity index (χ0) is 14.8. The number of carbonyl (C=O) groups is 1. The number of carbonyl (C=O) groups excluding carboxylic acids is 1. The number of likely N-dealkylation sites (N-methyl/N-ethyl adjacent to an activating group) is 1. The predicted molar refractivity (Wildman–Crippen MR) is 99.3 cm³/mol. The van der Waals surface area contributed by atoms with Crippen LogP contribution in [-0.2, 0) is 4.79 Å². The maximum absolute atomic E-state index is 11.5. The first-order valence-electron chi connectivity index (χ1n) is 7.85. The van der Waals surface area contributed by atoms with Crippen molar-refractivity contribution in [2.24, 2.45) is 10.9 Å². The molecule has 1 fully saturated rings. The minimum atomic E-state index is 0. The van der Waals surface area contributed by atoms with Crippen molar-refractivity contribution >= 4 is 35.8 Å². The van der Waals surface area contributed by atoms with E-state index in [1.165, 1.54) is 38.5 Å². The zero-order valence-corrected chi connectivity index (χ0v) is 16.0. The van der Waals surface area contributed by atoms with Gasteiger partial charge in [-0.2, -0.15) is 0 Å². The van der Waals surface area contributed by atoms with Crippen molar-refractivity contribution in [3.63, 3.8) is 0 Å². The van der Waals surface area contributed by atoms with Crippen LogP contribution in [0.4, 0.5) is 0 Å². The minimum Gasteiger partial charge on any atom is -0.357 e. The van der Waals surface area contributed by atoms with Gasteiger partial charge < -0.3 is 15.5 Å². The minimum absolute atomic E-state index is 0. The number of guanidine groups is 1. The summed E-state index contributed by atoms with van der Waals surface area (Å²) in [5.74, 6) is 1.70. The highest BCUT2D eigenvalue weighted by Crippen LogP contribution is 2.28. The standard InChI is InChI=1S/C15H30N4O.HI/c1-4-16-15(18-12-14(20)19(2)3)17-11-7-10-13-8-5-6-9-13;/h13H,4-12H2,1-3H3,(H2,16,17,18);1H. The summed E-state index contributed by atoms with van der Waals surface area (Å²) in [5.41, 5.74) is 0. The van der Waals surface area contributed by atoms with Gasteiger partial charge in [-0.05, 0) is 25.7 Å². The molecule has 0 bridgehead atoms. The van der Waals surface area contributed by atoms with Crippen LogP contribution in [0, 0.1) is 5.92 Å². The van der Waals surface area contributed by atoms with E-state index in [-0.39, 0.29) is 36.4 Å². The molecule has 0 saturated heterocycles. The Morgan fingerprint density at radius 1 is 1.24 bits per heavy atom. The number of halogens is 1. The predicted octanol–water partition coefficient (Wildman–Crippen LogP) is 2.22. The van der Waals surface area contributed by atoms with Gasteiger partial charge in [0.1, 0.15) is 6.54 Å². The molecule has 0 aromatic heterocycles. The Hall–Kier alpha value is -0.530. The van der Waals surface area contributed by atoms with Crippen LogP contribution < -0.4 is 10.6 Å². The lowest BCUT2D eigenvalue weighted by molar-refractivity contribution is -0.127. The topological polar surface area (TPSA) is 56.7 Å². The van der Waals surface area contributed by atoms with Crippen LogP contribution in [0.25, 0.3) is 0 Å². The normalized spacial score (nSPS) is 15.5. The number of hydrogen-bond acceptors (Lipinski definition) is 2. The first-order valence-corrected chi connectivity index (χ1v) is 7.85. The first-order chi connectivity index (χ1) is 9.63. The van der Waals surface area contributed by atoms with Crippen LogP contribution in [0.1, 0.15) is 45.4 Å². The smallest absolute Gasteiger partial charge is 0.243 e. The molecule has 0 heterocycles. The van der Waals surface area contributed by atoms with Crippen molar-refractivity contribution in [2.75, 3.05) is 33.7 Å². The molecule has 0 atom stereocenters. The van der Waals surface area contributed by atoms with Crippen molar-refractivity contribution in [3.8, 4) is 0 Å². The second-order valence-electron chi connectivity index (χ2n) is 5.70. The average Bonchev–Trinajstić information content (AvgIpc) is 2.93. The van der Waals surface area contributed by atoms with Crippen molar-refractivity contribution in [1.29, 1.82) is 0 Å². The van der Waals surface area contributed by atoms with Gasteiger partial charge in [0.25, 0.3) is 0 Å². The Morgan fingerprint density at radius 3 is 2.48 bits per heavy atom. The number of nitrogens with one attached hydrogen (secondary N) is 2. The van der Waals surface area contributed by atoms with E-state index >= 15 is 0 Å². The number of nitrogens with zero attached hydrogens (tertiary/aromatic N) is 2. The van der Waals surface area contributed by atoms with Gasteiger partial charge in [-0.25, -0.2) is 4.99 Å². The maximum atomic E-state index is 11.5. The molecule has 0 aromatic rings. The van der Waals surface area contributed by atoms with Crippen LogP contribution in [0.5, 0.6) is 0 Å². The second kappa shape index (κ2) is 12.1. The van der Waals surface area contributed by atoms with Gasteiger partial charge in [0, 0.05) is 27.2 Å². The lowest BCUT2D eigenvalue weighted by Gasteiger charge is -2.13. The van der Waals surface area contributed by atoms with Crippen molar-refractivity contribution in [1.82, 2.24) is 15.5 Å². The van der Waals surface area contributed by atoms with E-state index in [0.717, 1.165) is 25.0 Å². The monoisotopic (exact) mass is 410 g/mol. The molecule has 6 heteroatoms. The molecule has 1 rings (SSSR count). The van der Waals surface area contributed by atoms with Crippen LogP contribution in [0.3, 0.4) is 0 Å². The van der Waals surface area contributed by atoms with Gasteiger partial charge in [-0.1, -0.05) is 25.7 Å². The summed E-state index contributed by atoms with van der Waals surface area (Å²) in [7, 11) is 3.50. The zero-order valence-electron chi connectivity index (χ0n) is 13.7. The third kappa shape index (κ3) is 9.16. The Kier molecular flexibility index (Phi) is 11.8. The summed E-state index contributed by atoms with van der Waals surface area (Å²) in [5, 5.41) is 6.48. The van der Waals surface area contributed by atoms with Crippen molar-refractivity contribution < 1.29 is 4.79 Å². The Morgan fingerprint density at radius 2 is 1.90 bits per heavy atom. The van der Waals surface area contributed by atoms with E-state index < -0.39 is 0 Å².